The fourth-order valence-corrected chi connectivity index (χ4v) is 2.03. The fraction of sp³-hybridized carbons (Fsp3) is 0.200. The van der Waals surface area contributed by atoms with Crippen molar-refractivity contribution in [1.82, 2.24) is 0 Å². The van der Waals surface area contributed by atoms with Crippen LogP contribution in [0.1, 0.15) is 28.3 Å². The SMILES string of the molecule is Cc1ccc(C)c(C(N)c2cc(F)cc(F)c2)c1. The zero-order valence-electron chi connectivity index (χ0n) is 10.4. The molecule has 1 atom stereocenters. The van der Waals surface area contributed by atoms with E-state index >= 15 is 0 Å². The predicted octanol–water partition coefficient (Wildman–Crippen LogP) is 3.63. The summed E-state index contributed by atoms with van der Waals surface area (Å²) in [6.45, 7) is 3.89. The van der Waals surface area contributed by atoms with Crippen LogP contribution < -0.4 is 5.73 Å². The van der Waals surface area contributed by atoms with Crippen molar-refractivity contribution in [2.75, 3.05) is 0 Å². The lowest BCUT2D eigenvalue weighted by Crippen LogP contribution is -2.14. The molecule has 1 unspecified atom stereocenters. The van der Waals surface area contributed by atoms with Crippen molar-refractivity contribution in [2.45, 2.75) is 19.9 Å². The van der Waals surface area contributed by atoms with Gasteiger partial charge in [0.1, 0.15) is 11.6 Å². The maximum Gasteiger partial charge on any atom is 0.126 e. The Morgan fingerprint density at radius 1 is 0.944 bits per heavy atom. The average molecular weight is 247 g/mol. The molecule has 0 fully saturated rings. The first-order valence-electron chi connectivity index (χ1n) is 5.76. The van der Waals surface area contributed by atoms with Crippen molar-refractivity contribution < 1.29 is 8.78 Å². The van der Waals surface area contributed by atoms with E-state index in [9.17, 15) is 8.78 Å². The number of halogens is 2. The average Bonchev–Trinajstić information content (AvgIpc) is 2.30. The number of rotatable bonds is 2. The van der Waals surface area contributed by atoms with Crippen LogP contribution in [-0.2, 0) is 0 Å². The summed E-state index contributed by atoms with van der Waals surface area (Å²) in [5.74, 6) is -1.21. The molecule has 0 heterocycles. The second-order valence-electron chi connectivity index (χ2n) is 4.54. The Morgan fingerprint density at radius 2 is 1.56 bits per heavy atom. The van der Waals surface area contributed by atoms with Gasteiger partial charge < -0.3 is 5.73 Å². The van der Waals surface area contributed by atoms with Gasteiger partial charge in [-0.05, 0) is 42.7 Å². The monoisotopic (exact) mass is 247 g/mol. The summed E-state index contributed by atoms with van der Waals surface area (Å²) in [5, 5.41) is 0. The van der Waals surface area contributed by atoms with E-state index < -0.39 is 17.7 Å². The summed E-state index contributed by atoms with van der Waals surface area (Å²) in [6, 6.07) is 8.76. The van der Waals surface area contributed by atoms with Crippen LogP contribution in [0, 0.1) is 25.5 Å². The minimum absolute atomic E-state index is 0.446. The van der Waals surface area contributed by atoms with Gasteiger partial charge in [-0.25, -0.2) is 8.78 Å². The molecule has 2 rings (SSSR count). The molecule has 0 aliphatic rings. The molecule has 94 valence electrons. The van der Waals surface area contributed by atoms with Gasteiger partial charge in [-0.1, -0.05) is 23.8 Å². The number of benzene rings is 2. The Hall–Kier alpha value is -1.74. The zero-order valence-corrected chi connectivity index (χ0v) is 10.4. The van der Waals surface area contributed by atoms with Crippen LogP contribution in [0.25, 0.3) is 0 Å². The second-order valence-corrected chi connectivity index (χ2v) is 4.54. The van der Waals surface area contributed by atoms with Crippen LogP contribution >= 0.6 is 0 Å². The molecule has 0 aliphatic carbocycles. The molecule has 0 saturated heterocycles. The Kier molecular flexibility index (Phi) is 3.43. The van der Waals surface area contributed by atoms with Crippen molar-refractivity contribution in [3.8, 4) is 0 Å². The quantitative estimate of drug-likeness (QED) is 0.861. The number of hydrogen-bond acceptors (Lipinski definition) is 1. The zero-order chi connectivity index (χ0) is 13.3. The van der Waals surface area contributed by atoms with Crippen LogP contribution in [0.2, 0.25) is 0 Å². The molecule has 0 spiro atoms. The number of hydrogen-bond donors (Lipinski definition) is 1. The standard InChI is InChI=1S/C15H15F2N/c1-9-3-4-10(2)14(5-9)15(18)11-6-12(16)8-13(17)7-11/h3-8,15H,18H2,1-2H3. The van der Waals surface area contributed by atoms with Crippen LogP contribution in [0.5, 0.6) is 0 Å². The molecular formula is C15H15F2N. The summed E-state index contributed by atoms with van der Waals surface area (Å²) in [4.78, 5) is 0. The molecule has 18 heavy (non-hydrogen) atoms. The highest BCUT2D eigenvalue weighted by molar-refractivity contribution is 5.39. The highest BCUT2D eigenvalue weighted by atomic mass is 19.1. The molecule has 2 aromatic rings. The van der Waals surface area contributed by atoms with Gasteiger partial charge in [0.25, 0.3) is 0 Å². The van der Waals surface area contributed by atoms with E-state index in [1.807, 2.05) is 32.0 Å². The highest BCUT2D eigenvalue weighted by Gasteiger charge is 2.13. The third-order valence-corrected chi connectivity index (χ3v) is 3.01. The third-order valence-electron chi connectivity index (χ3n) is 3.01. The Labute approximate surface area is 105 Å². The molecular weight excluding hydrogens is 232 g/mol. The molecule has 0 radical (unpaired) electrons. The minimum Gasteiger partial charge on any atom is -0.320 e. The molecule has 0 aliphatic heterocycles. The lowest BCUT2D eigenvalue weighted by Gasteiger charge is -2.16. The Morgan fingerprint density at radius 3 is 2.17 bits per heavy atom. The van der Waals surface area contributed by atoms with E-state index in [0.29, 0.717) is 5.56 Å². The summed E-state index contributed by atoms with van der Waals surface area (Å²) in [7, 11) is 0. The molecule has 0 bridgehead atoms. The first-order valence-corrected chi connectivity index (χ1v) is 5.76. The topological polar surface area (TPSA) is 26.0 Å². The van der Waals surface area contributed by atoms with Crippen molar-refractivity contribution in [1.29, 1.82) is 0 Å². The second kappa shape index (κ2) is 4.86. The first kappa shape index (κ1) is 12.7. The van der Waals surface area contributed by atoms with Gasteiger partial charge in [-0.3, -0.25) is 0 Å². The van der Waals surface area contributed by atoms with Crippen LogP contribution in [0.3, 0.4) is 0 Å². The molecule has 0 amide bonds. The maximum absolute atomic E-state index is 13.2. The summed E-state index contributed by atoms with van der Waals surface area (Å²) in [5.41, 5.74) is 9.51. The van der Waals surface area contributed by atoms with Gasteiger partial charge in [0, 0.05) is 6.07 Å². The van der Waals surface area contributed by atoms with E-state index in [0.717, 1.165) is 22.8 Å². The van der Waals surface area contributed by atoms with Crippen LogP contribution in [0.15, 0.2) is 36.4 Å². The summed E-state index contributed by atoms with van der Waals surface area (Å²) in [6.07, 6.45) is 0. The largest absolute Gasteiger partial charge is 0.320 e. The van der Waals surface area contributed by atoms with E-state index in [-0.39, 0.29) is 0 Å². The first-order chi connectivity index (χ1) is 8.47. The minimum atomic E-state index is -0.606. The number of nitrogens with two attached hydrogens (primary N) is 1. The number of aryl methyl sites for hydroxylation is 2. The summed E-state index contributed by atoms with van der Waals surface area (Å²) >= 11 is 0. The summed E-state index contributed by atoms with van der Waals surface area (Å²) < 4.78 is 26.4. The molecule has 3 heteroatoms. The van der Waals surface area contributed by atoms with Crippen molar-refractivity contribution in [2.24, 2.45) is 5.73 Å². The van der Waals surface area contributed by atoms with E-state index in [1.165, 1.54) is 12.1 Å². The predicted molar refractivity (Wildman–Crippen MR) is 68.3 cm³/mol. The highest BCUT2D eigenvalue weighted by Crippen LogP contribution is 2.24. The Balaban J connectivity index is 2.47. The molecule has 0 saturated carbocycles. The van der Waals surface area contributed by atoms with Crippen molar-refractivity contribution >= 4 is 0 Å². The van der Waals surface area contributed by atoms with Gasteiger partial charge in [0.2, 0.25) is 0 Å². The smallest absolute Gasteiger partial charge is 0.126 e. The molecule has 0 aromatic heterocycles. The normalized spacial score (nSPS) is 12.5. The van der Waals surface area contributed by atoms with Crippen molar-refractivity contribution in [3.05, 3.63) is 70.3 Å². The lowest BCUT2D eigenvalue weighted by atomic mass is 9.94. The van der Waals surface area contributed by atoms with Gasteiger partial charge >= 0.3 is 0 Å². The van der Waals surface area contributed by atoms with Crippen molar-refractivity contribution in [3.63, 3.8) is 0 Å². The van der Waals surface area contributed by atoms with Gasteiger partial charge in [0.15, 0.2) is 0 Å². The fourth-order valence-electron chi connectivity index (χ4n) is 2.03. The van der Waals surface area contributed by atoms with Crippen LogP contribution in [-0.4, -0.2) is 0 Å². The molecule has 1 nitrogen and oxygen atoms in total. The van der Waals surface area contributed by atoms with E-state index in [4.69, 9.17) is 5.73 Å². The molecule has 2 aromatic carbocycles. The molecule has 2 N–H and O–H groups in total. The maximum atomic E-state index is 13.2. The van der Waals surface area contributed by atoms with E-state index in [1.54, 1.807) is 0 Å². The van der Waals surface area contributed by atoms with Crippen LogP contribution in [0.4, 0.5) is 8.78 Å². The van der Waals surface area contributed by atoms with Gasteiger partial charge in [-0.15, -0.1) is 0 Å². The van der Waals surface area contributed by atoms with E-state index in [2.05, 4.69) is 0 Å². The third kappa shape index (κ3) is 2.57. The van der Waals surface area contributed by atoms with Gasteiger partial charge in [0.05, 0.1) is 6.04 Å². The Bertz CT molecular complexity index is 558. The lowest BCUT2D eigenvalue weighted by molar-refractivity contribution is 0.577. The van der Waals surface area contributed by atoms with Gasteiger partial charge in [-0.2, -0.15) is 0 Å².